The monoisotopic (exact) mass is 468 g/mol. The minimum Gasteiger partial charge on any atom is -0.350 e. The second-order valence-corrected chi connectivity index (χ2v) is 9.74. The molecule has 4 aromatic rings. The summed E-state index contributed by atoms with van der Waals surface area (Å²) < 4.78 is 15.1. The van der Waals surface area contributed by atoms with Crippen molar-refractivity contribution in [1.29, 1.82) is 0 Å². The van der Waals surface area contributed by atoms with E-state index in [1.165, 1.54) is 12.1 Å². The predicted octanol–water partition coefficient (Wildman–Crippen LogP) is 4.93. The first-order valence-corrected chi connectivity index (χ1v) is 11.8. The number of benzene rings is 3. The second-order valence-electron chi connectivity index (χ2n) is 9.74. The average molecular weight is 469 g/mol. The number of rotatable bonds is 5. The van der Waals surface area contributed by atoms with Crippen molar-refractivity contribution in [3.05, 3.63) is 90.4 Å². The number of carbonyl (C=O) groups is 2. The molecular weight excluding hydrogens is 443 g/mol. The van der Waals surface area contributed by atoms with Crippen molar-refractivity contribution in [1.82, 2.24) is 15.1 Å². The van der Waals surface area contributed by atoms with E-state index in [1.54, 1.807) is 27.9 Å². The third-order valence-electron chi connectivity index (χ3n) is 7.23. The number of nitrogens with zero attached hydrogens (tertiary/aromatic N) is 3. The van der Waals surface area contributed by atoms with Gasteiger partial charge in [-0.25, -0.2) is 9.07 Å². The lowest BCUT2D eigenvalue weighted by Crippen LogP contribution is -2.42. The van der Waals surface area contributed by atoms with Crippen LogP contribution in [0.1, 0.15) is 37.8 Å². The Bertz CT molecular complexity index is 1430. The Morgan fingerprint density at radius 3 is 2.46 bits per heavy atom. The van der Waals surface area contributed by atoms with Crippen molar-refractivity contribution in [2.24, 2.45) is 5.41 Å². The molecule has 1 N–H and O–H groups in total. The maximum Gasteiger partial charge on any atom is 0.229 e. The summed E-state index contributed by atoms with van der Waals surface area (Å²) in [5, 5.41) is 8.53. The lowest BCUT2D eigenvalue weighted by Gasteiger charge is -2.30. The number of halogens is 1. The van der Waals surface area contributed by atoms with E-state index in [0.717, 1.165) is 40.7 Å². The topological polar surface area (TPSA) is 67.2 Å². The second kappa shape index (κ2) is 8.05. The van der Waals surface area contributed by atoms with Crippen LogP contribution in [0.15, 0.2) is 79.0 Å². The summed E-state index contributed by atoms with van der Waals surface area (Å²) in [7, 11) is 0. The highest BCUT2D eigenvalue weighted by atomic mass is 19.1. The van der Waals surface area contributed by atoms with Crippen molar-refractivity contribution in [2.75, 3.05) is 4.90 Å². The Balaban J connectivity index is 1.37. The third-order valence-corrected chi connectivity index (χ3v) is 7.23. The molecular formula is C28H25FN4O2. The molecule has 0 spiro atoms. The van der Waals surface area contributed by atoms with E-state index in [0.29, 0.717) is 0 Å². The molecule has 3 aromatic carbocycles. The quantitative estimate of drug-likeness (QED) is 0.452. The molecule has 0 unspecified atom stereocenters. The van der Waals surface area contributed by atoms with Gasteiger partial charge < -0.3 is 10.2 Å². The molecule has 0 bridgehead atoms. The number of nitrogens with one attached hydrogen (secondary N) is 1. The maximum absolute atomic E-state index is 13.4. The van der Waals surface area contributed by atoms with E-state index in [-0.39, 0.29) is 41.6 Å². The fourth-order valence-corrected chi connectivity index (χ4v) is 4.91. The van der Waals surface area contributed by atoms with E-state index in [4.69, 9.17) is 0 Å². The van der Waals surface area contributed by atoms with Crippen molar-refractivity contribution in [2.45, 2.75) is 38.3 Å². The summed E-state index contributed by atoms with van der Waals surface area (Å²) in [5.74, 6) is -0.311. The van der Waals surface area contributed by atoms with Crippen LogP contribution in [-0.4, -0.2) is 27.6 Å². The predicted molar refractivity (Wildman–Crippen MR) is 132 cm³/mol. The van der Waals surface area contributed by atoms with E-state index < -0.39 is 0 Å². The van der Waals surface area contributed by atoms with Gasteiger partial charge in [-0.3, -0.25) is 9.59 Å². The van der Waals surface area contributed by atoms with Crippen LogP contribution in [0.25, 0.3) is 16.6 Å². The van der Waals surface area contributed by atoms with E-state index in [9.17, 15) is 14.0 Å². The summed E-state index contributed by atoms with van der Waals surface area (Å²) in [5.41, 5.74) is 3.03. The molecule has 7 heteroatoms. The Kier molecular flexibility index (Phi) is 4.95. The van der Waals surface area contributed by atoms with Crippen molar-refractivity contribution in [3.63, 3.8) is 0 Å². The van der Waals surface area contributed by atoms with Crippen LogP contribution < -0.4 is 10.2 Å². The van der Waals surface area contributed by atoms with Crippen LogP contribution in [0, 0.1) is 11.2 Å². The third kappa shape index (κ3) is 3.77. The van der Waals surface area contributed by atoms with Gasteiger partial charge in [0.25, 0.3) is 0 Å². The van der Waals surface area contributed by atoms with Crippen LogP contribution in [0.4, 0.5) is 10.1 Å². The lowest BCUT2D eigenvalue weighted by atomic mass is 9.98. The van der Waals surface area contributed by atoms with Gasteiger partial charge in [0.2, 0.25) is 11.8 Å². The molecule has 0 radical (unpaired) electrons. The highest BCUT2D eigenvalue weighted by Gasteiger charge is 2.48. The average Bonchev–Trinajstić information content (AvgIpc) is 3.35. The molecule has 2 aliphatic rings. The summed E-state index contributed by atoms with van der Waals surface area (Å²) in [4.78, 5) is 28.0. The summed E-state index contributed by atoms with van der Waals surface area (Å²) in [6, 6.07) is 21.2. The van der Waals surface area contributed by atoms with Gasteiger partial charge in [-0.15, -0.1) is 0 Å². The Morgan fingerprint density at radius 2 is 1.74 bits per heavy atom. The summed E-state index contributed by atoms with van der Waals surface area (Å²) in [6.07, 6.45) is 3.75. The minimum absolute atomic E-state index is 0.0223. The fourth-order valence-electron chi connectivity index (χ4n) is 4.91. The van der Waals surface area contributed by atoms with Crippen molar-refractivity contribution in [3.8, 4) is 5.69 Å². The van der Waals surface area contributed by atoms with Crippen molar-refractivity contribution >= 4 is 28.4 Å². The summed E-state index contributed by atoms with van der Waals surface area (Å²) in [6.45, 7) is 1.97. The van der Waals surface area contributed by atoms with Crippen LogP contribution in [0.5, 0.6) is 0 Å². The van der Waals surface area contributed by atoms with Gasteiger partial charge in [0.05, 0.1) is 29.5 Å². The largest absolute Gasteiger partial charge is 0.350 e. The molecule has 35 heavy (non-hydrogen) atoms. The highest BCUT2D eigenvalue weighted by molar-refractivity contribution is 6.00. The fraction of sp³-hybridized carbons (Fsp3) is 0.250. The first kappa shape index (κ1) is 21.5. The Hall–Kier alpha value is -4.00. The van der Waals surface area contributed by atoms with Crippen LogP contribution in [-0.2, 0) is 9.59 Å². The zero-order chi connectivity index (χ0) is 24.2. The van der Waals surface area contributed by atoms with Gasteiger partial charge in [0, 0.05) is 22.9 Å². The number of hydrogen-bond acceptors (Lipinski definition) is 3. The highest BCUT2D eigenvalue weighted by Crippen LogP contribution is 2.46. The Labute approximate surface area is 202 Å². The molecule has 2 atom stereocenters. The molecule has 1 saturated carbocycles. The number of hydrogen-bond donors (Lipinski definition) is 1. The van der Waals surface area contributed by atoms with Crippen LogP contribution >= 0.6 is 0 Å². The minimum atomic E-state index is -0.314. The van der Waals surface area contributed by atoms with Crippen molar-refractivity contribution < 1.29 is 14.0 Å². The zero-order valence-corrected chi connectivity index (χ0v) is 19.3. The Morgan fingerprint density at radius 1 is 1.03 bits per heavy atom. The number of aromatic nitrogens is 2. The standard InChI is InChI=1S/C28H25FN4O2/c1-28(13-14-28)27(35)31-23-16-25(34)32(26(23)18-5-3-2-4-6-18)22-11-12-24-19(15-22)17-30-33(24)21-9-7-20(29)8-10-21/h2-12,15,17,23,26H,13-14,16H2,1H3,(H,31,35)/t23-,26+/m1/s1. The van der Waals surface area contributed by atoms with Gasteiger partial charge >= 0.3 is 0 Å². The maximum atomic E-state index is 13.4. The molecule has 1 aliphatic heterocycles. The molecule has 1 aromatic heterocycles. The van der Waals surface area contributed by atoms with Gasteiger partial charge in [-0.05, 0) is 60.9 Å². The van der Waals surface area contributed by atoms with Crippen LogP contribution in [0.3, 0.4) is 0 Å². The molecule has 2 heterocycles. The normalized spacial score (nSPS) is 20.9. The van der Waals surface area contributed by atoms with Gasteiger partial charge in [-0.1, -0.05) is 37.3 Å². The molecule has 1 aliphatic carbocycles. The number of fused-ring (bicyclic) bond motifs is 1. The SMILES string of the molecule is CC1(C(=O)N[C@@H]2CC(=O)N(c3ccc4c(cnn4-c4ccc(F)cc4)c3)[C@H]2c2ccccc2)CC1. The van der Waals surface area contributed by atoms with E-state index >= 15 is 0 Å². The number of anilines is 1. The lowest BCUT2D eigenvalue weighted by molar-refractivity contribution is -0.126. The zero-order valence-electron chi connectivity index (χ0n) is 19.3. The molecule has 176 valence electrons. The van der Waals surface area contributed by atoms with Gasteiger partial charge in [-0.2, -0.15) is 5.10 Å². The molecule has 1 saturated heterocycles. The molecule has 2 amide bonds. The molecule has 2 fully saturated rings. The van der Waals surface area contributed by atoms with E-state index in [2.05, 4.69) is 10.4 Å². The summed E-state index contributed by atoms with van der Waals surface area (Å²) >= 11 is 0. The molecule has 6 rings (SSSR count). The van der Waals surface area contributed by atoms with E-state index in [1.807, 2.05) is 55.5 Å². The molecule has 6 nitrogen and oxygen atoms in total. The first-order valence-electron chi connectivity index (χ1n) is 11.8. The van der Waals surface area contributed by atoms with Gasteiger partial charge in [0.1, 0.15) is 5.82 Å². The smallest absolute Gasteiger partial charge is 0.229 e. The van der Waals surface area contributed by atoms with Gasteiger partial charge in [0.15, 0.2) is 0 Å². The first-order chi connectivity index (χ1) is 16.9. The number of carbonyl (C=O) groups excluding carboxylic acids is 2. The number of amides is 2. The van der Waals surface area contributed by atoms with Crippen LogP contribution in [0.2, 0.25) is 0 Å².